The smallest absolute Gasteiger partial charge is 0.328 e. The first-order valence-corrected chi connectivity index (χ1v) is 6.64. The lowest BCUT2D eigenvalue weighted by Crippen LogP contribution is -2.45. The molecule has 1 unspecified atom stereocenters. The largest absolute Gasteiger partial charge is 0.480 e. The van der Waals surface area contributed by atoms with Crippen molar-refractivity contribution in [2.45, 2.75) is 32.2 Å². The van der Waals surface area contributed by atoms with Gasteiger partial charge in [-0.1, -0.05) is 32.9 Å². The fraction of sp³-hybridized carbons (Fsp3) is 0.467. The van der Waals surface area contributed by atoms with Gasteiger partial charge in [-0.05, 0) is 23.1 Å². The normalized spacial score (nSPS) is 12.6. The van der Waals surface area contributed by atoms with Crippen LogP contribution in [0.2, 0.25) is 0 Å². The Kier molecular flexibility index (Phi) is 5.72. The molecule has 1 aromatic rings. The van der Waals surface area contributed by atoms with Crippen molar-refractivity contribution in [1.29, 1.82) is 0 Å². The van der Waals surface area contributed by atoms with Crippen molar-refractivity contribution in [2.24, 2.45) is 0 Å². The van der Waals surface area contributed by atoms with E-state index in [0.29, 0.717) is 5.69 Å². The maximum Gasteiger partial charge on any atom is 0.328 e. The summed E-state index contributed by atoms with van der Waals surface area (Å²) in [7, 11) is 1.38. The van der Waals surface area contributed by atoms with Crippen LogP contribution in [0.4, 0.5) is 10.5 Å². The van der Waals surface area contributed by atoms with E-state index in [9.17, 15) is 9.59 Å². The SMILES string of the molecule is COCC(NC(=O)Nc1ccc(C(C)(C)C)cc1)C(=O)O. The molecule has 0 fully saturated rings. The average molecular weight is 294 g/mol. The number of methoxy groups -OCH3 is 1. The zero-order valence-corrected chi connectivity index (χ0v) is 12.8. The molecule has 116 valence electrons. The minimum atomic E-state index is -1.14. The molecule has 0 heterocycles. The molecule has 3 N–H and O–H groups in total. The Labute approximate surface area is 124 Å². The number of carbonyl (C=O) groups excluding carboxylic acids is 1. The standard InChI is InChI=1S/C15H22N2O4/c1-15(2,3)10-5-7-11(8-6-10)16-14(20)17-12(9-21-4)13(18)19/h5-8,12H,9H2,1-4H3,(H,18,19)(H2,16,17,20). The maximum absolute atomic E-state index is 11.7. The summed E-state index contributed by atoms with van der Waals surface area (Å²) >= 11 is 0. The summed E-state index contributed by atoms with van der Waals surface area (Å²) in [4.78, 5) is 22.7. The molecule has 0 radical (unpaired) electrons. The summed E-state index contributed by atoms with van der Waals surface area (Å²) in [6.07, 6.45) is 0. The summed E-state index contributed by atoms with van der Waals surface area (Å²) < 4.78 is 4.75. The van der Waals surface area contributed by atoms with Gasteiger partial charge in [0, 0.05) is 12.8 Å². The molecule has 1 aromatic carbocycles. The second-order valence-corrected chi connectivity index (χ2v) is 5.77. The summed E-state index contributed by atoms with van der Waals surface area (Å²) in [6.45, 7) is 6.21. The van der Waals surface area contributed by atoms with Crippen LogP contribution in [0, 0.1) is 0 Å². The lowest BCUT2D eigenvalue weighted by molar-refractivity contribution is -0.140. The first-order valence-electron chi connectivity index (χ1n) is 6.64. The van der Waals surface area contributed by atoms with E-state index < -0.39 is 18.0 Å². The highest BCUT2D eigenvalue weighted by atomic mass is 16.5. The van der Waals surface area contributed by atoms with Crippen LogP contribution in [0.25, 0.3) is 0 Å². The number of aliphatic carboxylic acids is 1. The van der Waals surface area contributed by atoms with Gasteiger partial charge in [-0.25, -0.2) is 9.59 Å². The highest BCUT2D eigenvalue weighted by molar-refractivity contribution is 5.92. The Hall–Kier alpha value is -2.08. The third kappa shape index (κ3) is 5.43. The van der Waals surface area contributed by atoms with E-state index in [2.05, 4.69) is 31.4 Å². The van der Waals surface area contributed by atoms with E-state index in [4.69, 9.17) is 9.84 Å². The van der Waals surface area contributed by atoms with Crippen molar-refractivity contribution < 1.29 is 19.4 Å². The molecular weight excluding hydrogens is 272 g/mol. The van der Waals surface area contributed by atoms with Crippen molar-refractivity contribution in [3.63, 3.8) is 0 Å². The van der Waals surface area contributed by atoms with Gasteiger partial charge in [-0.2, -0.15) is 0 Å². The third-order valence-electron chi connectivity index (χ3n) is 2.95. The van der Waals surface area contributed by atoms with E-state index in [-0.39, 0.29) is 12.0 Å². The molecule has 0 aromatic heterocycles. The van der Waals surface area contributed by atoms with Gasteiger partial charge in [0.2, 0.25) is 0 Å². The number of hydrogen-bond donors (Lipinski definition) is 3. The van der Waals surface area contributed by atoms with Crippen molar-refractivity contribution in [2.75, 3.05) is 19.0 Å². The topological polar surface area (TPSA) is 87.7 Å². The van der Waals surface area contributed by atoms with Crippen molar-refractivity contribution in [3.8, 4) is 0 Å². The molecule has 0 saturated heterocycles. The van der Waals surface area contributed by atoms with Gasteiger partial charge in [-0.15, -0.1) is 0 Å². The van der Waals surface area contributed by atoms with Gasteiger partial charge in [0.05, 0.1) is 6.61 Å². The van der Waals surface area contributed by atoms with Crippen LogP contribution in [0.3, 0.4) is 0 Å². The fourth-order valence-electron chi connectivity index (χ4n) is 1.72. The first-order chi connectivity index (χ1) is 9.74. The summed E-state index contributed by atoms with van der Waals surface area (Å²) in [5.41, 5.74) is 1.78. The molecule has 0 aliphatic carbocycles. The minimum Gasteiger partial charge on any atom is -0.480 e. The predicted molar refractivity (Wildman–Crippen MR) is 80.6 cm³/mol. The Morgan fingerprint density at radius 3 is 2.24 bits per heavy atom. The van der Waals surface area contributed by atoms with Crippen molar-refractivity contribution >= 4 is 17.7 Å². The number of anilines is 1. The Morgan fingerprint density at radius 1 is 1.24 bits per heavy atom. The summed E-state index contributed by atoms with van der Waals surface area (Å²) in [5, 5.41) is 13.9. The second kappa shape index (κ2) is 7.08. The number of amides is 2. The molecule has 0 bridgehead atoms. The number of carboxylic acid groups (broad SMARTS) is 1. The number of urea groups is 1. The lowest BCUT2D eigenvalue weighted by atomic mass is 9.87. The Balaban J connectivity index is 2.64. The van der Waals surface area contributed by atoms with Crippen LogP contribution in [0.5, 0.6) is 0 Å². The molecule has 6 heteroatoms. The zero-order valence-electron chi connectivity index (χ0n) is 12.8. The third-order valence-corrected chi connectivity index (χ3v) is 2.95. The van der Waals surface area contributed by atoms with Gasteiger partial charge in [0.15, 0.2) is 6.04 Å². The molecule has 0 aliphatic heterocycles. The highest BCUT2D eigenvalue weighted by Gasteiger charge is 2.19. The van der Waals surface area contributed by atoms with Crippen molar-refractivity contribution in [3.05, 3.63) is 29.8 Å². The van der Waals surface area contributed by atoms with Crippen LogP contribution >= 0.6 is 0 Å². The van der Waals surface area contributed by atoms with Gasteiger partial charge in [0.25, 0.3) is 0 Å². The molecule has 21 heavy (non-hydrogen) atoms. The number of carbonyl (C=O) groups is 2. The molecular formula is C15H22N2O4. The molecule has 1 atom stereocenters. The summed E-state index contributed by atoms with van der Waals surface area (Å²) in [6, 6.07) is 5.77. The molecule has 0 spiro atoms. The Morgan fingerprint density at radius 2 is 1.81 bits per heavy atom. The number of ether oxygens (including phenoxy) is 1. The number of rotatable bonds is 5. The first kappa shape index (κ1) is 17.0. The number of nitrogens with one attached hydrogen (secondary N) is 2. The zero-order chi connectivity index (χ0) is 16.0. The van der Waals surface area contributed by atoms with Gasteiger partial charge < -0.3 is 20.5 Å². The quantitative estimate of drug-likeness (QED) is 0.777. The predicted octanol–water partition coefficient (Wildman–Crippen LogP) is 2.21. The molecule has 2 amide bonds. The average Bonchev–Trinajstić information content (AvgIpc) is 2.37. The van der Waals surface area contributed by atoms with E-state index in [1.54, 1.807) is 12.1 Å². The monoisotopic (exact) mass is 294 g/mol. The molecule has 6 nitrogen and oxygen atoms in total. The van der Waals surface area contributed by atoms with E-state index in [1.165, 1.54) is 7.11 Å². The van der Waals surface area contributed by atoms with Gasteiger partial charge in [0.1, 0.15) is 0 Å². The highest BCUT2D eigenvalue weighted by Crippen LogP contribution is 2.23. The number of hydrogen-bond acceptors (Lipinski definition) is 3. The van der Waals surface area contributed by atoms with Crippen LogP contribution in [-0.4, -0.2) is 36.9 Å². The summed E-state index contributed by atoms with van der Waals surface area (Å²) in [5.74, 6) is -1.14. The van der Waals surface area contributed by atoms with E-state index in [1.807, 2.05) is 12.1 Å². The Bertz CT molecular complexity index is 491. The maximum atomic E-state index is 11.7. The lowest BCUT2D eigenvalue weighted by Gasteiger charge is -2.19. The van der Waals surface area contributed by atoms with Gasteiger partial charge >= 0.3 is 12.0 Å². The molecule has 1 rings (SSSR count). The molecule has 0 aliphatic rings. The van der Waals surface area contributed by atoms with Gasteiger partial charge in [-0.3, -0.25) is 0 Å². The van der Waals surface area contributed by atoms with E-state index >= 15 is 0 Å². The van der Waals surface area contributed by atoms with Crippen LogP contribution < -0.4 is 10.6 Å². The van der Waals surface area contributed by atoms with Crippen molar-refractivity contribution in [1.82, 2.24) is 5.32 Å². The second-order valence-electron chi connectivity index (χ2n) is 5.77. The number of benzene rings is 1. The van der Waals surface area contributed by atoms with Crippen LogP contribution in [0.15, 0.2) is 24.3 Å². The van der Waals surface area contributed by atoms with Crippen LogP contribution in [-0.2, 0) is 14.9 Å². The number of carboxylic acids is 1. The minimum absolute atomic E-state index is 0.0354. The molecule has 0 saturated carbocycles. The fourth-order valence-corrected chi connectivity index (χ4v) is 1.72. The van der Waals surface area contributed by atoms with E-state index in [0.717, 1.165) is 5.56 Å². The van der Waals surface area contributed by atoms with Crippen LogP contribution in [0.1, 0.15) is 26.3 Å².